The van der Waals surface area contributed by atoms with Gasteiger partial charge in [0.05, 0.1) is 11.9 Å². The van der Waals surface area contributed by atoms with E-state index in [1.165, 1.54) is 6.20 Å². The van der Waals surface area contributed by atoms with Crippen LogP contribution < -0.4 is 11.1 Å². The minimum Gasteiger partial charge on any atom is -0.396 e. The molecule has 110 valence electrons. The maximum atomic E-state index is 12.4. The Morgan fingerprint density at radius 1 is 1.30 bits per heavy atom. The van der Waals surface area contributed by atoms with Gasteiger partial charge in [-0.2, -0.15) is 0 Å². The molecule has 0 spiro atoms. The van der Waals surface area contributed by atoms with Gasteiger partial charge in [0.15, 0.2) is 5.69 Å². The van der Waals surface area contributed by atoms with E-state index in [0.717, 1.165) is 0 Å². The number of amides is 1. The third kappa shape index (κ3) is 2.15. The first-order valence-corrected chi connectivity index (χ1v) is 7.02. The van der Waals surface area contributed by atoms with Gasteiger partial charge < -0.3 is 11.1 Å². The van der Waals surface area contributed by atoms with Gasteiger partial charge in [-0.3, -0.25) is 4.79 Å². The van der Waals surface area contributed by atoms with E-state index >= 15 is 0 Å². The van der Waals surface area contributed by atoms with E-state index in [1.807, 2.05) is 13.8 Å². The molecule has 1 saturated carbocycles. The summed E-state index contributed by atoms with van der Waals surface area (Å²) in [6.45, 7) is 12.6. The molecule has 1 fully saturated rings. The van der Waals surface area contributed by atoms with Crippen LogP contribution in [0, 0.1) is 10.8 Å². The number of nitrogens with one attached hydrogen (secondary N) is 1. The maximum absolute atomic E-state index is 12.4. The Kier molecular flexibility index (Phi) is 3.27. The monoisotopic (exact) mass is 276 g/mol. The first-order valence-electron chi connectivity index (χ1n) is 7.02. The van der Waals surface area contributed by atoms with E-state index in [0.29, 0.717) is 11.5 Å². The summed E-state index contributed by atoms with van der Waals surface area (Å²) >= 11 is 0. The van der Waals surface area contributed by atoms with Gasteiger partial charge in [-0.15, -0.1) is 0 Å². The van der Waals surface area contributed by atoms with Crippen molar-refractivity contribution in [1.82, 2.24) is 15.3 Å². The molecule has 0 atom stereocenters. The van der Waals surface area contributed by atoms with Crippen molar-refractivity contribution in [2.75, 3.05) is 5.73 Å². The molecule has 20 heavy (non-hydrogen) atoms. The molecule has 1 aliphatic rings. The summed E-state index contributed by atoms with van der Waals surface area (Å²) in [5.41, 5.74) is 6.62. The highest BCUT2D eigenvalue weighted by Crippen LogP contribution is 2.62. The quantitative estimate of drug-likeness (QED) is 0.888. The van der Waals surface area contributed by atoms with Crippen LogP contribution in [0.3, 0.4) is 0 Å². The molecule has 3 N–H and O–H groups in total. The zero-order valence-electron chi connectivity index (χ0n) is 13.1. The van der Waals surface area contributed by atoms with Gasteiger partial charge in [0.1, 0.15) is 5.82 Å². The van der Waals surface area contributed by atoms with Crippen LogP contribution in [-0.4, -0.2) is 21.9 Å². The Bertz CT molecular complexity index is 535. The Balaban J connectivity index is 2.21. The minimum atomic E-state index is -0.213. The molecule has 5 nitrogen and oxygen atoms in total. The highest BCUT2D eigenvalue weighted by molar-refractivity contribution is 5.97. The Morgan fingerprint density at radius 2 is 1.85 bits per heavy atom. The second-order valence-corrected chi connectivity index (χ2v) is 7.04. The van der Waals surface area contributed by atoms with Crippen LogP contribution in [0.15, 0.2) is 6.20 Å². The smallest absolute Gasteiger partial charge is 0.272 e. The van der Waals surface area contributed by atoms with E-state index < -0.39 is 0 Å². The molecule has 1 aliphatic carbocycles. The van der Waals surface area contributed by atoms with Gasteiger partial charge in [-0.25, -0.2) is 9.97 Å². The van der Waals surface area contributed by atoms with Crippen LogP contribution in [0.1, 0.15) is 63.8 Å². The fourth-order valence-corrected chi connectivity index (χ4v) is 2.62. The number of carbonyl (C=O) groups excluding carboxylic acids is 1. The Morgan fingerprint density at radius 3 is 2.30 bits per heavy atom. The third-order valence-corrected chi connectivity index (χ3v) is 4.86. The average Bonchev–Trinajstić information content (AvgIpc) is 2.71. The van der Waals surface area contributed by atoms with Crippen LogP contribution in [0.25, 0.3) is 0 Å². The van der Waals surface area contributed by atoms with Crippen LogP contribution in [0.5, 0.6) is 0 Å². The predicted molar refractivity (Wildman–Crippen MR) is 79.3 cm³/mol. The molecule has 0 radical (unpaired) electrons. The molecule has 0 saturated heterocycles. The summed E-state index contributed by atoms with van der Waals surface area (Å²) < 4.78 is 0. The first-order chi connectivity index (χ1) is 9.09. The molecule has 2 rings (SSSR count). The number of nitrogens with zero attached hydrogens (tertiary/aromatic N) is 2. The summed E-state index contributed by atoms with van der Waals surface area (Å²) in [7, 11) is 0. The fourth-order valence-electron chi connectivity index (χ4n) is 2.62. The zero-order chi connectivity index (χ0) is 15.3. The van der Waals surface area contributed by atoms with Crippen LogP contribution in [0.4, 0.5) is 5.69 Å². The van der Waals surface area contributed by atoms with Crippen molar-refractivity contribution in [2.24, 2.45) is 10.8 Å². The Hall–Kier alpha value is -1.65. The third-order valence-electron chi connectivity index (χ3n) is 4.86. The fraction of sp³-hybridized carbons (Fsp3) is 0.667. The molecule has 1 heterocycles. The zero-order valence-corrected chi connectivity index (χ0v) is 13.1. The minimum absolute atomic E-state index is 0.0886. The molecular formula is C15H24N4O. The summed E-state index contributed by atoms with van der Waals surface area (Å²) in [4.78, 5) is 20.8. The summed E-state index contributed by atoms with van der Waals surface area (Å²) in [6, 6.07) is 0.138. The second kappa shape index (κ2) is 4.43. The lowest BCUT2D eigenvalue weighted by molar-refractivity contribution is 0.0939. The van der Waals surface area contributed by atoms with Crippen molar-refractivity contribution in [2.45, 2.75) is 53.5 Å². The normalized spacial score (nSPS) is 19.9. The Labute approximate surface area is 120 Å². The highest BCUT2D eigenvalue weighted by Gasteiger charge is 2.65. The van der Waals surface area contributed by atoms with Crippen molar-refractivity contribution >= 4 is 11.6 Å². The largest absolute Gasteiger partial charge is 0.396 e. The van der Waals surface area contributed by atoms with Crippen molar-refractivity contribution in [3.63, 3.8) is 0 Å². The number of hydrogen-bond donors (Lipinski definition) is 2. The molecule has 5 heteroatoms. The molecule has 1 amide bonds. The van der Waals surface area contributed by atoms with Gasteiger partial charge in [0.2, 0.25) is 0 Å². The summed E-state index contributed by atoms with van der Waals surface area (Å²) in [5.74, 6) is 0.588. The highest BCUT2D eigenvalue weighted by atomic mass is 16.2. The van der Waals surface area contributed by atoms with E-state index in [4.69, 9.17) is 5.73 Å². The number of anilines is 1. The van der Waals surface area contributed by atoms with Crippen molar-refractivity contribution in [1.29, 1.82) is 0 Å². The van der Waals surface area contributed by atoms with E-state index in [9.17, 15) is 4.79 Å². The average molecular weight is 276 g/mol. The van der Waals surface area contributed by atoms with E-state index in [-0.39, 0.29) is 34.4 Å². The second-order valence-electron chi connectivity index (χ2n) is 7.04. The molecular weight excluding hydrogens is 252 g/mol. The number of nitrogens with two attached hydrogens (primary N) is 1. The van der Waals surface area contributed by atoms with Crippen molar-refractivity contribution < 1.29 is 4.79 Å². The molecule has 0 bridgehead atoms. The van der Waals surface area contributed by atoms with Crippen LogP contribution in [-0.2, 0) is 0 Å². The standard InChI is InChI=1S/C15H24N4O/c1-8(2)11-17-7-9(16)10(18-11)12(20)19-13-14(3,4)15(13,5)6/h7-8,13H,16H2,1-6H3,(H,19,20). The molecule has 0 unspecified atom stereocenters. The number of rotatable bonds is 3. The number of nitrogen functional groups attached to an aromatic ring is 1. The molecule has 1 aromatic rings. The number of hydrogen-bond acceptors (Lipinski definition) is 4. The lowest BCUT2D eigenvalue weighted by Crippen LogP contribution is -2.31. The predicted octanol–water partition coefficient (Wildman–Crippen LogP) is 2.35. The lowest BCUT2D eigenvalue weighted by Gasteiger charge is -2.10. The molecule has 1 aromatic heterocycles. The number of aromatic nitrogens is 2. The van der Waals surface area contributed by atoms with E-state index in [2.05, 4.69) is 43.0 Å². The topological polar surface area (TPSA) is 80.9 Å². The molecule has 0 aromatic carbocycles. The van der Waals surface area contributed by atoms with Gasteiger partial charge in [0, 0.05) is 12.0 Å². The van der Waals surface area contributed by atoms with E-state index in [1.54, 1.807) is 0 Å². The van der Waals surface area contributed by atoms with Gasteiger partial charge >= 0.3 is 0 Å². The number of carbonyl (C=O) groups is 1. The van der Waals surface area contributed by atoms with Crippen LogP contribution >= 0.6 is 0 Å². The van der Waals surface area contributed by atoms with Gasteiger partial charge in [-0.1, -0.05) is 41.5 Å². The molecule has 0 aliphatic heterocycles. The maximum Gasteiger partial charge on any atom is 0.272 e. The summed E-state index contributed by atoms with van der Waals surface area (Å²) in [5, 5.41) is 3.05. The van der Waals surface area contributed by atoms with Gasteiger partial charge in [-0.05, 0) is 10.8 Å². The van der Waals surface area contributed by atoms with Crippen molar-refractivity contribution in [3.8, 4) is 0 Å². The SMILES string of the molecule is CC(C)c1ncc(N)c(C(=O)NC2C(C)(C)C2(C)C)n1. The van der Waals surface area contributed by atoms with Crippen molar-refractivity contribution in [3.05, 3.63) is 17.7 Å². The first kappa shape index (κ1) is 14.8. The van der Waals surface area contributed by atoms with Gasteiger partial charge in [0.25, 0.3) is 5.91 Å². The summed E-state index contributed by atoms with van der Waals surface area (Å²) in [6.07, 6.45) is 1.51. The van der Waals surface area contributed by atoms with Crippen LogP contribution in [0.2, 0.25) is 0 Å². The lowest BCUT2D eigenvalue weighted by atomic mass is 10.0.